The van der Waals surface area contributed by atoms with Crippen LogP contribution in [0.25, 0.3) is 0 Å². The fourth-order valence-electron chi connectivity index (χ4n) is 1.76. The van der Waals surface area contributed by atoms with E-state index < -0.39 is 5.60 Å². The van der Waals surface area contributed by atoms with E-state index in [1.807, 2.05) is 12.1 Å². The second-order valence-corrected chi connectivity index (χ2v) is 4.68. The number of hydrogen-bond acceptors (Lipinski definition) is 4. The Balaban J connectivity index is 2.46. The van der Waals surface area contributed by atoms with Crippen LogP contribution >= 0.6 is 15.9 Å². The molecule has 0 atom stereocenters. The smallest absolute Gasteiger partial charge is 0.161 e. The van der Waals surface area contributed by atoms with E-state index in [1.165, 1.54) is 0 Å². The molecule has 1 heterocycles. The van der Waals surface area contributed by atoms with Crippen LogP contribution in [0.15, 0.2) is 16.6 Å². The Morgan fingerprint density at radius 2 is 1.81 bits per heavy atom. The van der Waals surface area contributed by atoms with Crippen LogP contribution in [0.5, 0.6) is 11.5 Å². The zero-order valence-corrected chi connectivity index (χ0v) is 10.8. The van der Waals surface area contributed by atoms with Gasteiger partial charge in [0, 0.05) is 23.1 Å². The molecule has 4 nitrogen and oxygen atoms in total. The van der Waals surface area contributed by atoms with Crippen LogP contribution in [0.1, 0.15) is 5.56 Å². The summed E-state index contributed by atoms with van der Waals surface area (Å²) in [5.41, 5.74) is 0.0159. The molecule has 0 unspecified atom stereocenters. The first-order chi connectivity index (χ1) is 7.60. The van der Waals surface area contributed by atoms with E-state index in [9.17, 15) is 5.11 Å². The lowest BCUT2D eigenvalue weighted by molar-refractivity contribution is -0.0155. The van der Waals surface area contributed by atoms with E-state index in [2.05, 4.69) is 21.2 Å². The van der Waals surface area contributed by atoms with Crippen molar-refractivity contribution in [2.24, 2.45) is 0 Å². The number of methoxy groups -OCH3 is 2. The molecule has 0 radical (unpaired) electrons. The molecule has 0 saturated carbocycles. The Morgan fingerprint density at radius 3 is 2.25 bits per heavy atom. The van der Waals surface area contributed by atoms with Crippen molar-refractivity contribution in [1.82, 2.24) is 5.32 Å². The van der Waals surface area contributed by atoms with Crippen LogP contribution in [0.4, 0.5) is 0 Å². The van der Waals surface area contributed by atoms with Crippen molar-refractivity contribution in [3.05, 3.63) is 22.2 Å². The average Bonchev–Trinajstić information content (AvgIpc) is 2.25. The molecular weight excluding hydrogens is 274 g/mol. The largest absolute Gasteiger partial charge is 0.493 e. The van der Waals surface area contributed by atoms with Crippen LogP contribution < -0.4 is 14.8 Å². The molecule has 1 aromatic carbocycles. The van der Waals surface area contributed by atoms with Crippen LogP contribution in [0.2, 0.25) is 0 Å². The second-order valence-electron chi connectivity index (χ2n) is 3.82. The highest BCUT2D eigenvalue weighted by atomic mass is 79.9. The summed E-state index contributed by atoms with van der Waals surface area (Å²) in [5.74, 6) is 1.27. The van der Waals surface area contributed by atoms with Gasteiger partial charge in [0.1, 0.15) is 5.60 Å². The highest BCUT2D eigenvalue weighted by Crippen LogP contribution is 2.39. The Labute approximate surface area is 103 Å². The minimum atomic E-state index is -0.807. The Morgan fingerprint density at radius 1 is 1.25 bits per heavy atom. The van der Waals surface area contributed by atoms with Gasteiger partial charge in [0.05, 0.1) is 14.2 Å². The van der Waals surface area contributed by atoms with Crippen LogP contribution in [-0.4, -0.2) is 32.4 Å². The molecule has 2 rings (SSSR count). The van der Waals surface area contributed by atoms with Gasteiger partial charge in [-0.2, -0.15) is 0 Å². The van der Waals surface area contributed by atoms with Crippen molar-refractivity contribution in [1.29, 1.82) is 0 Å². The van der Waals surface area contributed by atoms with Crippen LogP contribution in [-0.2, 0) is 5.60 Å². The molecule has 1 fully saturated rings. The molecule has 0 bridgehead atoms. The fraction of sp³-hybridized carbons (Fsp3) is 0.455. The van der Waals surface area contributed by atoms with E-state index in [0.29, 0.717) is 24.6 Å². The van der Waals surface area contributed by atoms with Gasteiger partial charge < -0.3 is 19.9 Å². The monoisotopic (exact) mass is 287 g/mol. The molecule has 5 heteroatoms. The normalized spacial score (nSPS) is 17.8. The Kier molecular flexibility index (Phi) is 3.10. The third-order valence-electron chi connectivity index (χ3n) is 2.81. The SMILES string of the molecule is COc1cc(Br)c(C2(O)CNC2)cc1OC. The molecule has 1 aliphatic heterocycles. The summed E-state index contributed by atoms with van der Waals surface area (Å²) in [7, 11) is 3.17. The van der Waals surface area contributed by atoms with E-state index >= 15 is 0 Å². The number of nitrogens with one attached hydrogen (secondary N) is 1. The van der Waals surface area contributed by atoms with Gasteiger partial charge in [0.2, 0.25) is 0 Å². The maximum absolute atomic E-state index is 10.3. The first-order valence-corrected chi connectivity index (χ1v) is 5.75. The second kappa shape index (κ2) is 4.24. The van der Waals surface area contributed by atoms with Gasteiger partial charge in [-0.3, -0.25) is 0 Å². The summed E-state index contributed by atoms with van der Waals surface area (Å²) in [6, 6.07) is 3.62. The Hall–Kier alpha value is -0.780. The van der Waals surface area contributed by atoms with Gasteiger partial charge in [-0.05, 0) is 12.1 Å². The van der Waals surface area contributed by atoms with Crippen molar-refractivity contribution < 1.29 is 14.6 Å². The van der Waals surface area contributed by atoms with E-state index in [0.717, 1.165) is 10.0 Å². The minimum Gasteiger partial charge on any atom is -0.493 e. The number of β-amino-alcohol motifs (C(OH)–C–C–N with tert-alkyl or cyclic N) is 1. The summed E-state index contributed by atoms with van der Waals surface area (Å²) in [6.45, 7) is 1.11. The predicted octanol–water partition coefficient (Wildman–Crippen LogP) is 1.26. The van der Waals surface area contributed by atoms with E-state index in [-0.39, 0.29) is 0 Å². The van der Waals surface area contributed by atoms with Crippen molar-refractivity contribution in [2.75, 3.05) is 27.3 Å². The molecular formula is C11H14BrNO3. The maximum atomic E-state index is 10.3. The summed E-state index contributed by atoms with van der Waals surface area (Å²) >= 11 is 3.44. The lowest BCUT2D eigenvalue weighted by atomic mass is 9.88. The lowest BCUT2D eigenvalue weighted by Gasteiger charge is -2.38. The maximum Gasteiger partial charge on any atom is 0.161 e. The number of ether oxygens (including phenoxy) is 2. The molecule has 1 aliphatic rings. The number of halogens is 1. The number of hydrogen-bond donors (Lipinski definition) is 2. The predicted molar refractivity (Wildman–Crippen MR) is 64.0 cm³/mol. The zero-order valence-electron chi connectivity index (χ0n) is 9.21. The molecule has 1 aromatic rings. The summed E-state index contributed by atoms with van der Waals surface area (Å²) in [6.07, 6.45) is 0. The Bertz CT molecular complexity index is 404. The van der Waals surface area contributed by atoms with Gasteiger partial charge in [-0.25, -0.2) is 0 Å². The van der Waals surface area contributed by atoms with Crippen molar-refractivity contribution in [2.45, 2.75) is 5.60 Å². The van der Waals surface area contributed by atoms with Gasteiger partial charge in [0.25, 0.3) is 0 Å². The fourth-order valence-corrected chi connectivity index (χ4v) is 2.45. The van der Waals surface area contributed by atoms with Gasteiger partial charge >= 0.3 is 0 Å². The van der Waals surface area contributed by atoms with Gasteiger partial charge in [-0.1, -0.05) is 15.9 Å². The number of aliphatic hydroxyl groups is 1. The molecule has 0 aromatic heterocycles. The van der Waals surface area contributed by atoms with Crippen molar-refractivity contribution in [3.63, 3.8) is 0 Å². The van der Waals surface area contributed by atoms with Crippen LogP contribution in [0, 0.1) is 0 Å². The summed E-state index contributed by atoms with van der Waals surface area (Å²) < 4.78 is 11.2. The summed E-state index contributed by atoms with van der Waals surface area (Å²) in [4.78, 5) is 0. The number of rotatable bonds is 3. The molecule has 2 N–H and O–H groups in total. The molecule has 0 aliphatic carbocycles. The molecule has 88 valence electrons. The first kappa shape index (κ1) is 11.7. The third-order valence-corrected chi connectivity index (χ3v) is 3.47. The standard InChI is InChI=1S/C11H14BrNO3/c1-15-9-3-7(11(14)5-13-6-11)8(12)4-10(9)16-2/h3-4,13-14H,5-6H2,1-2H3. The molecule has 0 spiro atoms. The quantitative estimate of drug-likeness (QED) is 0.879. The summed E-state index contributed by atoms with van der Waals surface area (Å²) in [5, 5.41) is 13.3. The van der Waals surface area contributed by atoms with Crippen molar-refractivity contribution in [3.8, 4) is 11.5 Å². The van der Waals surface area contributed by atoms with Crippen LogP contribution in [0.3, 0.4) is 0 Å². The average molecular weight is 288 g/mol. The minimum absolute atomic E-state index is 0.557. The molecule has 16 heavy (non-hydrogen) atoms. The van der Waals surface area contributed by atoms with Gasteiger partial charge in [-0.15, -0.1) is 0 Å². The van der Waals surface area contributed by atoms with E-state index in [1.54, 1.807) is 14.2 Å². The van der Waals surface area contributed by atoms with Gasteiger partial charge in [0.15, 0.2) is 11.5 Å². The highest BCUT2D eigenvalue weighted by molar-refractivity contribution is 9.10. The number of benzene rings is 1. The third kappa shape index (κ3) is 1.79. The van der Waals surface area contributed by atoms with Crippen molar-refractivity contribution >= 4 is 15.9 Å². The molecule has 0 amide bonds. The molecule has 1 saturated heterocycles. The topological polar surface area (TPSA) is 50.7 Å². The lowest BCUT2D eigenvalue weighted by Crippen LogP contribution is -2.56. The first-order valence-electron chi connectivity index (χ1n) is 4.96. The zero-order chi connectivity index (χ0) is 11.8. The van der Waals surface area contributed by atoms with E-state index in [4.69, 9.17) is 9.47 Å². The highest BCUT2D eigenvalue weighted by Gasteiger charge is 2.38.